The predicted octanol–water partition coefficient (Wildman–Crippen LogP) is 13.1. The van der Waals surface area contributed by atoms with Gasteiger partial charge >= 0.3 is 5.97 Å². The van der Waals surface area contributed by atoms with E-state index in [4.69, 9.17) is 58.2 Å². The van der Waals surface area contributed by atoms with Gasteiger partial charge in [0.25, 0.3) is 0 Å². The Morgan fingerprint density at radius 1 is 0.369 bits per heavy atom. The molecular formula is C71H82O13. The van der Waals surface area contributed by atoms with Crippen LogP contribution in [0.15, 0.2) is 212 Å². The summed E-state index contributed by atoms with van der Waals surface area (Å²) in [6.45, 7) is -2.81. The van der Waals surface area contributed by atoms with E-state index in [0.717, 1.165) is 54.4 Å². The van der Waals surface area contributed by atoms with Crippen LogP contribution in [0.3, 0.4) is 0 Å². The van der Waals surface area contributed by atoms with Crippen LogP contribution in [0.4, 0.5) is 0 Å². The quantitative estimate of drug-likeness (QED) is 0.0276. The third-order valence-corrected chi connectivity index (χ3v) is 14.6. The summed E-state index contributed by atoms with van der Waals surface area (Å²) in [6.07, 6.45) is -5.48. The summed E-state index contributed by atoms with van der Waals surface area (Å²) in [6, 6.07) is 67.2. The van der Waals surface area contributed by atoms with Crippen LogP contribution in [0.25, 0.3) is 0 Å². The molecule has 2 saturated heterocycles. The van der Waals surface area contributed by atoms with Crippen molar-refractivity contribution in [3.63, 3.8) is 0 Å². The lowest BCUT2D eigenvalue weighted by Crippen LogP contribution is -2.66. The van der Waals surface area contributed by atoms with Crippen molar-refractivity contribution in [2.75, 3.05) is 26.9 Å². The molecule has 7 aromatic carbocycles. The number of hydrogen-bond donors (Lipinski definition) is 0. The molecular weight excluding hydrogens is 1060 g/mol. The molecule has 4 unspecified atom stereocenters. The van der Waals surface area contributed by atoms with E-state index >= 15 is 0 Å². The second kappa shape index (κ2) is 35.1. The van der Waals surface area contributed by atoms with Crippen molar-refractivity contribution < 1.29 is 65.7 Å². The molecule has 7 aromatic rings. The van der Waals surface area contributed by atoms with E-state index in [1.807, 2.05) is 212 Å². The molecule has 13 nitrogen and oxygen atoms in total. The largest absolute Gasteiger partial charge is 0.469 e. The van der Waals surface area contributed by atoms with Crippen molar-refractivity contribution in [2.45, 2.75) is 153 Å². The van der Waals surface area contributed by atoms with Crippen LogP contribution in [-0.4, -0.2) is 94.3 Å². The van der Waals surface area contributed by atoms with Crippen molar-refractivity contribution in [3.05, 3.63) is 251 Å². The highest BCUT2D eigenvalue weighted by molar-refractivity contribution is 5.69. The molecule has 0 aromatic heterocycles. The molecule has 0 amide bonds. The summed E-state index contributed by atoms with van der Waals surface area (Å²) in [7, 11) is 1.41. The van der Waals surface area contributed by atoms with Crippen LogP contribution in [-0.2, 0) is 108 Å². The molecule has 444 valence electrons. The minimum absolute atomic E-state index is 0.0514. The number of benzene rings is 7. The van der Waals surface area contributed by atoms with Crippen LogP contribution < -0.4 is 0 Å². The molecule has 9 rings (SSSR count). The molecule has 2 heterocycles. The van der Waals surface area contributed by atoms with E-state index in [1.54, 1.807) is 0 Å². The van der Waals surface area contributed by atoms with Gasteiger partial charge in [0.2, 0.25) is 0 Å². The van der Waals surface area contributed by atoms with Crippen molar-refractivity contribution in [3.8, 4) is 0 Å². The van der Waals surface area contributed by atoms with Crippen LogP contribution in [0.5, 0.6) is 0 Å². The average molecular weight is 1150 g/mol. The van der Waals surface area contributed by atoms with Crippen LogP contribution >= 0.6 is 0 Å². The molecule has 0 N–H and O–H groups in total. The highest BCUT2D eigenvalue weighted by atomic mass is 16.8. The lowest BCUT2D eigenvalue weighted by Gasteiger charge is -2.50. The summed E-state index contributed by atoms with van der Waals surface area (Å²) in [5.74, 6) is -0.213. The van der Waals surface area contributed by atoms with Gasteiger partial charge in [-0.25, -0.2) is 0 Å². The number of esters is 1. The zero-order valence-corrected chi connectivity index (χ0v) is 47.9. The highest BCUT2D eigenvalue weighted by Crippen LogP contribution is 2.37. The van der Waals surface area contributed by atoms with E-state index in [0.29, 0.717) is 29.5 Å². The molecule has 84 heavy (non-hydrogen) atoms. The van der Waals surface area contributed by atoms with Gasteiger partial charge in [-0.2, -0.15) is 0 Å². The molecule has 0 radical (unpaired) electrons. The maximum atomic E-state index is 11.8. The Kier molecular flexibility index (Phi) is 24.2. The molecule has 0 saturated carbocycles. The van der Waals surface area contributed by atoms with Crippen LogP contribution in [0.2, 0.25) is 0 Å². The third kappa shape index (κ3) is 20.1. The normalized spacial score (nSPS) is 24.0. The fraction of sp³-hybridized carbons (Fsp3) is 0.394. The first-order valence-corrected chi connectivity index (χ1v) is 29.4. The Balaban J connectivity index is 1.12. The smallest absolute Gasteiger partial charge is 0.305 e. The summed E-state index contributed by atoms with van der Waals surface area (Å²) in [4.78, 5) is 11.8. The Hall–Kier alpha value is -6.43. The van der Waals surface area contributed by atoms with Crippen LogP contribution in [0, 0.1) is 0 Å². The van der Waals surface area contributed by atoms with Gasteiger partial charge in [-0.3, -0.25) is 4.79 Å². The fourth-order valence-corrected chi connectivity index (χ4v) is 10.2. The molecule has 2 aliphatic rings. The van der Waals surface area contributed by atoms with Gasteiger partial charge in [0.15, 0.2) is 12.6 Å². The Bertz CT molecular complexity index is 2970. The average Bonchev–Trinajstić information content (AvgIpc) is 2.43. The second-order valence-corrected chi connectivity index (χ2v) is 20.9. The number of carbonyl (C=O) groups is 1. The van der Waals surface area contributed by atoms with Gasteiger partial charge in [-0.15, -0.1) is 0 Å². The number of rotatable bonds is 35. The molecule has 2 fully saturated rings. The van der Waals surface area contributed by atoms with Gasteiger partial charge in [0.1, 0.15) is 48.8 Å². The van der Waals surface area contributed by atoms with Gasteiger partial charge in [-0.1, -0.05) is 238 Å². The van der Waals surface area contributed by atoms with E-state index in [-0.39, 0.29) is 52.2 Å². The van der Waals surface area contributed by atoms with Gasteiger partial charge in [0, 0.05) is 13.0 Å². The minimum atomic E-state index is -1.31. The minimum Gasteiger partial charge on any atom is -0.469 e. The van der Waals surface area contributed by atoms with Crippen molar-refractivity contribution >= 4 is 5.97 Å². The summed E-state index contributed by atoms with van der Waals surface area (Å²) in [5, 5.41) is 0. The maximum Gasteiger partial charge on any atom is 0.305 e. The number of methoxy groups -OCH3 is 1. The van der Waals surface area contributed by atoms with Gasteiger partial charge < -0.3 is 56.8 Å². The molecule has 0 aliphatic carbocycles. The Morgan fingerprint density at radius 3 is 1.24 bits per heavy atom. The number of unbranched alkanes of at least 4 members (excludes halogenated alkanes) is 5. The van der Waals surface area contributed by atoms with Gasteiger partial charge in [-0.05, 0) is 51.8 Å². The maximum absolute atomic E-state index is 11.8. The number of hydrogen-bond acceptors (Lipinski definition) is 13. The molecule has 2 aliphatic heterocycles. The topological polar surface area (TPSA) is 128 Å². The first-order valence-electron chi connectivity index (χ1n) is 31.1. The fourth-order valence-electron chi connectivity index (χ4n) is 10.2. The monoisotopic (exact) mass is 1150 g/mol. The number of ether oxygens (including phenoxy) is 12. The SMILES string of the molecule is [2H]C(OC[C@H]1OC(OCCCCCCCCC(=O)OC)[C@@H](O[C@@H]2O[C@H](COCc3ccccc3)[C@@H](OCc3ccccc3)[C@H](OCc3ccccc3)[C@@H]2OCc2ccccc2)[C@@H](OC([2H])c2ccccc2)[C@@H]1OC([2H])c1ccccc1)c1ccccc1. The highest BCUT2D eigenvalue weighted by Gasteiger charge is 2.55. The van der Waals surface area contributed by atoms with E-state index in [1.165, 1.54) is 7.11 Å². The second-order valence-electron chi connectivity index (χ2n) is 20.9. The molecule has 13 heteroatoms. The molecule has 0 bridgehead atoms. The Labute approximate surface area is 500 Å². The summed E-state index contributed by atoms with van der Waals surface area (Å²) in [5.41, 5.74) is 5.48. The van der Waals surface area contributed by atoms with Crippen LogP contribution in [0.1, 0.15) is 88.0 Å². The third-order valence-electron chi connectivity index (χ3n) is 14.6. The van der Waals surface area contributed by atoms with Crippen molar-refractivity contribution in [2.24, 2.45) is 0 Å². The molecule has 13 atom stereocenters. The first kappa shape index (κ1) is 58.0. The summed E-state index contributed by atoms with van der Waals surface area (Å²) < 4.78 is 110. The van der Waals surface area contributed by atoms with Gasteiger partial charge in [0.05, 0.1) is 70.6 Å². The number of carbonyl (C=O) groups excluding carboxylic acids is 1. The zero-order chi connectivity index (χ0) is 60.3. The summed E-state index contributed by atoms with van der Waals surface area (Å²) >= 11 is 0. The zero-order valence-electron chi connectivity index (χ0n) is 50.9. The standard InChI is InChI=1S/C71H82O13/c1-73-63(72)43-27-4-2-3-5-28-44-76-70-69(67(80-50-59-39-23-11-24-40-59)65(78-48-57-35-19-9-20-36-57)61(82-70)52-74-45-54-29-13-6-14-30-54)84-71-68(81-51-60-41-25-12-26-42-60)66(79-49-58-37-21-10-22-38-58)64(77-47-56-33-17-8-18-34-56)62(83-71)53-75-46-55-31-15-7-16-32-55/h6-26,29-42,61-62,64-71H,2-5,27-28,43-53H2,1H3/t61-,62-,64-,65-,66+,67+,68+,69+,70?,71+/m1/s1/i45D,48D,50D/t45?,48?,50?,61-,62-,64-,65-,66+,67+,68+,69+,70?,71+. The van der Waals surface area contributed by atoms with E-state index in [2.05, 4.69) is 0 Å². The Morgan fingerprint density at radius 2 is 0.738 bits per heavy atom. The van der Waals surface area contributed by atoms with E-state index < -0.39 is 81.2 Å². The van der Waals surface area contributed by atoms with Crippen molar-refractivity contribution in [1.82, 2.24) is 0 Å². The lowest BCUT2D eigenvalue weighted by molar-refractivity contribution is -0.383. The van der Waals surface area contributed by atoms with E-state index in [9.17, 15) is 7.54 Å². The predicted molar refractivity (Wildman–Crippen MR) is 320 cm³/mol. The lowest BCUT2D eigenvalue weighted by atomic mass is 9.96. The first-order chi connectivity index (χ1) is 42.8. The molecule has 0 spiro atoms. The van der Waals surface area contributed by atoms with Crippen molar-refractivity contribution in [1.29, 1.82) is 0 Å².